The smallest absolute Gasteiger partial charge is 0.368 e. The molecule has 13 nitrogen and oxygen atoms in total. The Morgan fingerprint density at radius 3 is 2.69 bits per heavy atom. The summed E-state index contributed by atoms with van der Waals surface area (Å²) in [6, 6.07) is 2.55. The van der Waals surface area contributed by atoms with E-state index in [4.69, 9.17) is 4.74 Å². The Labute approximate surface area is 240 Å². The van der Waals surface area contributed by atoms with Gasteiger partial charge in [-0.15, -0.1) is 0 Å². The molecule has 3 atom stereocenters. The summed E-state index contributed by atoms with van der Waals surface area (Å²) in [6.07, 6.45) is 4.94. The fourth-order valence-electron chi connectivity index (χ4n) is 5.82. The van der Waals surface area contributed by atoms with Crippen LogP contribution in [-0.4, -0.2) is 75.5 Å². The molecule has 1 aromatic carbocycles. The van der Waals surface area contributed by atoms with E-state index in [0.717, 1.165) is 53.9 Å². The number of hydrogen-bond acceptors (Lipinski definition) is 10. The van der Waals surface area contributed by atoms with Gasteiger partial charge in [-0.1, -0.05) is 6.92 Å². The number of rotatable bonds is 9. The first kappa shape index (κ1) is 29.4. The van der Waals surface area contributed by atoms with Crippen LogP contribution in [0.15, 0.2) is 23.1 Å². The number of nitrogens with zero attached hydrogens (tertiary/aromatic N) is 7. The van der Waals surface area contributed by atoms with Crippen molar-refractivity contribution in [1.29, 1.82) is 0 Å². The molecule has 2 aliphatic heterocycles. The van der Waals surface area contributed by atoms with Crippen LogP contribution in [0.5, 0.6) is 5.75 Å². The number of nitrogens with one attached hydrogen (secondary N) is 2. The monoisotopic (exact) mass is 587 g/mol. The second-order valence-electron chi connectivity index (χ2n) is 11.7. The number of aliphatic carboxylic acids is 1. The van der Waals surface area contributed by atoms with Gasteiger partial charge in [0.15, 0.2) is 17.5 Å². The molecule has 0 amide bonds. The van der Waals surface area contributed by atoms with Crippen LogP contribution in [0, 0.1) is 11.6 Å². The number of benzene rings is 1. The Bertz CT molecular complexity index is 1560. The lowest BCUT2D eigenvalue weighted by Crippen LogP contribution is -2.55. The molecule has 15 heteroatoms. The fraction of sp³-hybridized carbons (Fsp3) is 0.556. The zero-order chi connectivity index (χ0) is 30.4. The third-order valence-corrected chi connectivity index (χ3v) is 8.25. The molecule has 42 heavy (non-hydrogen) atoms. The highest BCUT2D eigenvalue weighted by atomic mass is 19.1. The number of aryl methyl sites for hydroxylation is 1. The molecule has 3 aromatic rings. The summed E-state index contributed by atoms with van der Waals surface area (Å²) < 4.78 is 37.8. The summed E-state index contributed by atoms with van der Waals surface area (Å²) in [7, 11) is 1.38. The van der Waals surface area contributed by atoms with Crippen LogP contribution < -0.4 is 21.1 Å². The topological polar surface area (TPSA) is 152 Å². The first-order valence-electron chi connectivity index (χ1n) is 13.9. The molecule has 0 spiro atoms. The molecule has 0 bridgehead atoms. The average molecular weight is 588 g/mol. The van der Waals surface area contributed by atoms with Crippen molar-refractivity contribution in [1.82, 2.24) is 34.7 Å². The van der Waals surface area contributed by atoms with Gasteiger partial charge in [-0.3, -0.25) is 4.90 Å². The van der Waals surface area contributed by atoms with E-state index < -0.39 is 28.9 Å². The lowest BCUT2D eigenvalue weighted by atomic mass is 9.84. The Morgan fingerprint density at radius 1 is 1.26 bits per heavy atom. The molecule has 0 aliphatic carbocycles. The summed E-state index contributed by atoms with van der Waals surface area (Å²) >= 11 is 0. The van der Waals surface area contributed by atoms with Crippen LogP contribution in [0.3, 0.4) is 0 Å². The van der Waals surface area contributed by atoms with E-state index in [1.165, 1.54) is 20.0 Å². The molecular formula is C27H35F2N9O4. The number of piperidine rings is 1. The lowest BCUT2D eigenvalue weighted by molar-refractivity contribution is -0.154. The molecule has 0 saturated carbocycles. The highest BCUT2D eigenvalue weighted by Crippen LogP contribution is 2.39. The highest BCUT2D eigenvalue weighted by molar-refractivity contribution is 5.77. The predicted octanol–water partition coefficient (Wildman–Crippen LogP) is 3.23. The van der Waals surface area contributed by atoms with Crippen molar-refractivity contribution in [2.75, 3.05) is 17.2 Å². The minimum atomic E-state index is -1.72. The Morgan fingerprint density at radius 2 is 2.02 bits per heavy atom. The van der Waals surface area contributed by atoms with Gasteiger partial charge in [0.05, 0.1) is 11.9 Å². The molecule has 2 aromatic heterocycles. The summed E-state index contributed by atoms with van der Waals surface area (Å²) in [4.78, 5) is 35.3. The number of ether oxygens (including phenoxy) is 1. The van der Waals surface area contributed by atoms with Gasteiger partial charge < -0.3 is 20.5 Å². The van der Waals surface area contributed by atoms with Crippen LogP contribution in [0.2, 0.25) is 0 Å². The minimum absolute atomic E-state index is 0.00866. The minimum Gasteiger partial charge on any atom is -0.478 e. The molecule has 0 radical (unpaired) electrons. The number of carbonyl (C=O) groups is 1. The molecule has 3 N–H and O–H groups in total. The molecule has 1 unspecified atom stereocenters. The zero-order valence-corrected chi connectivity index (χ0v) is 24.2. The Hall–Kier alpha value is -4.14. The number of fused-ring (bicyclic) bond motifs is 1. The third kappa shape index (κ3) is 5.52. The zero-order valence-electron chi connectivity index (χ0n) is 24.2. The largest absolute Gasteiger partial charge is 0.478 e. The standard InChI is InChI=1S/C27H35F2N9O4/c1-6-27(4,23(39)40)42-21-11-17(28)19(12-20(21)38-25(41)36(5)34-35-38)32-24-30-14-18(29)22(33-24)31-15-10-16-8-7-9-37(16)26(2,3)13-15/h11-12,14-16H,6-10,13H2,1-5H3,(H,39,40)(H2,30,31,32,33)/t15-,16+,27?/m1/s1. The van der Waals surface area contributed by atoms with Crippen molar-refractivity contribution in [2.24, 2.45) is 7.05 Å². The van der Waals surface area contributed by atoms with Crippen molar-refractivity contribution in [2.45, 2.75) is 83.0 Å². The summed E-state index contributed by atoms with van der Waals surface area (Å²) in [5.41, 5.74) is -2.68. The van der Waals surface area contributed by atoms with E-state index in [1.807, 2.05) is 0 Å². The molecule has 2 aliphatic rings. The summed E-state index contributed by atoms with van der Waals surface area (Å²) in [6.45, 7) is 8.38. The molecule has 226 valence electrons. The van der Waals surface area contributed by atoms with E-state index in [-0.39, 0.29) is 46.9 Å². The second kappa shape index (κ2) is 10.9. The van der Waals surface area contributed by atoms with Gasteiger partial charge >= 0.3 is 11.7 Å². The summed E-state index contributed by atoms with van der Waals surface area (Å²) in [5, 5.41) is 23.1. The van der Waals surface area contributed by atoms with Gasteiger partial charge in [-0.25, -0.2) is 23.4 Å². The molecular weight excluding hydrogens is 552 g/mol. The third-order valence-electron chi connectivity index (χ3n) is 8.25. The van der Waals surface area contributed by atoms with E-state index in [1.54, 1.807) is 6.92 Å². The maximum Gasteiger partial charge on any atom is 0.368 e. The van der Waals surface area contributed by atoms with Crippen LogP contribution in [0.1, 0.15) is 59.8 Å². The number of halogens is 2. The predicted molar refractivity (Wildman–Crippen MR) is 149 cm³/mol. The maximum absolute atomic E-state index is 15.4. The Kier molecular flexibility index (Phi) is 7.64. The Balaban J connectivity index is 1.45. The SMILES string of the molecule is CCC(C)(Oc1cc(F)c(Nc2ncc(F)c(N[C@@H]3C[C@@H]4CCCN4C(C)(C)C3)n2)cc1-n1nnn(C)c1=O)C(=O)O. The van der Waals surface area contributed by atoms with E-state index in [9.17, 15) is 19.1 Å². The van der Waals surface area contributed by atoms with Gasteiger partial charge in [0.1, 0.15) is 11.4 Å². The van der Waals surface area contributed by atoms with Crippen LogP contribution in [0.25, 0.3) is 5.69 Å². The van der Waals surface area contributed by atoms with Crippen molar-refractivity contribution in [3.63, 3.8) is 0 Å². The number of carboxylic acid groups (broad SMARTS) is 1. The quantitative estimate of drug-likeness (QED) is 0.338. The highest BCUT2D eigenvalue weighted by Gasteiger charge is 2.43. The van der Waals surface area contributed by atoms with E-state index in [0.29, 0.717) is 6.04 Å². The number of tetrazole rings is 1. The van der Waals surface area contributed by atoms with Crippen LogP contribution in [-0.2, 0) is 11.8 Å². The number of carboxylic acids is 1. The van der Waals surface area contributed by atoms with E-state index >= 15 is 4.39 Å². The van der Waals surface area contributed by atoms with Crippen molar-refractivity contribution in [3.05, 3.63) is 40.4 Å². The van der Waals surface area contributed by atoms with Crippen molar-refractivity contribution in [3.8, 4) is 11.4 Å². The number of aromatic nitrogens is 6. The van der Waals surface area contributed by atoms with Gasteiger partial charge in [0.25, 0.3) is 0 Å². The molecule has 5 rings (SSSR count). The van der Waals surface area contributed by atoms with Gasteiger partial charge in [-0.05, 0) is 75.9 Å². The van der Waals surface area contributed by atoms with Crippen LogP contribution in [0.4, 0.5) is 26.2 Å². The van der Waals surface area contributed by atoms with Gasteiger partial charge in [-0.2, -0.15) is 14.3 Å². The molecule has 4 heterocycles. The van der Waals surface area contributed by atoms with Crippen molar-refractivity contribution >= 4 is 23.4 Å². The summed E-state index contributed by atoms with van der Waals surface area (Å²) in [5.74, 6) is -3.11. The number of anilines is 3. The number of hydrogen-bond donors (Lipinski definition) is 3. The first-order chi connectivity index (χ1) is 19.8. The van der Waals surface area contributed by atoms with Gasteiger partial charge in [0.2, 0.25) is 11.5 Å². The average Bonchev–Trinajstić information content (AvgIpc) is 3.54. The normalized spacial score (nSPS) is 21.4. The van der Waals surface area contributed by atoms with Crippen molar-refractivity contribution < 1.29 is 23.4 Å². The first-order valence-corrected chi connectivity index (χ1v) is 13.9. The van der Waals surface area contributed by atoms with Gasteiger partial charge in [0, 0.05) is 30.7 Å². The fourth-order valence-corrected chi connectivity index (χ4v) is 5.82. The second-order valence-corrected chi connectivity index (χ2v) is 11.7. The van der Waals surface area contributed by atoms with Crippen LogP contribution >= 0.6 is 0 Å². The maximum atomic E-state index is 15.4. The molecule has 2 fully saturated rings. The lowest BCUT2D eigenvalue weighted by Gasteiger charge is -2.47. The molecule has 2 saturated heterocycles. The van der Waals surface area contributed by atoms with E-state index in [2.05, 4.69) is 49.8 Å².